The molecule has 8 heteroatoms. The Balaban J connectivity index is 1.96. The molecule has 0 aliphatic carbocycles. The van der Waals surface area contributed by atoms with Crippen LogP contribution >= 0.6 is 0 Å². The van der Waals surface area contributed by atoms with E-state index in [2.05, 4.69) is 15.6 Å². The Morgan fingerprint density at radius 3 is 3.05 bits per heavy atom. The van der Waals surface area contributed by atoms with Gasteiger partial charge in [0.2, 0.25) is 0 Å². The molecule has 1 atom stereocenters. The van der Waals surface area contributed by atoms with Crippen LogP contribution in [0.4, 0.5) is 4.79 Å². The molecule has 1 aromatic heterocycles. The summed E-state index contributed by atoms with van der Waals surface area (Å²) in [4.78, 5) is 24.4. The smallest absolute Gasteiger partial charge is 0.324 e. The number of imide groups is 1. The summed E-state index contributed by atoms with van der Waals surface area (Å²) in [6.45, 7) is 2.93. The average Bonchev–Trinajstić information content (AvgIpc) is 2.98. The standard InChI is InChI=1S/C11H18N6O2/c1-2-3-8(12)9-6-16(15-14-9)7-10(18)17-5-4-13-11(17)19/h6,8H,2-5,7,12H2,1H3,(H,13,19). The lowest BCUT2D eigenvalue weighted by molar-refractivity contribution is -0.128. The summed E-state index contributed by atoms with van der Waals surface area (Å²) in [5, 5.41) is 10.4. The summed E-state index contributed by atoms with van der Waals surface area (Å²) in [6.07, 6.45) is 3.44. The van der Waals surface area contributed by atoms with Crippen LogP contribution in [0.5, 0.6) is 0 Å². The summed E-state index contributed by atoms with van der Waals surface area (Å²) < 4.78 is 1.42. The number of amides is 3. The second-order valence-electron chi connectivity index (χ2n) is 4.51. The van der Waals surface area contributed by atoms with Crippen molar-refractivity contribution in [3.05, 3.63) is 11.9 Å². The van der Waals surface area contributed by atoms with Gasteiger partial charge in [-0.15, -0.1) is 5.10 Å². The van der Waals surface area contributed by atoms with E-state index < -0.39 is 0 Å². The van der Waals surface area contributed by atoms with Crippen LogP contribution in [0, 0.1) is 0 Å². The van der Waals surface area contributed by atoms with Crippen LogP contribution in [0.25, 0.3) is 0 Å². The van der Waals surface area contributed by atoms with Gasteiger partial charge in [-0.05, 0) is 6.42 Å². The fraction of sp³-hybridized carbons (Fsp3) is 0.636. The monoisotopic (exact) mass is 266 g/mol. The highest BCUT2D eigenvalue weighted by molar-refractivity contribution is 5.95. The Bertz CT molecular complexity index is 472. The predicted molar refractivity (Wildman–Crippen MR) is 67.0 cm³/mol. The number of hydrogen-bond acceptors (Lipinski definition) is 5. The van der Waals surface area contributed by atoms with E-state index in [0.717, 1.165) is 12.8 Å². The summed E-state index contributed by atoms with van der Waals surface area (Å²) in [6, 6.07) is -0.517. The van der Waals surface area contributed by atoms with Gasteiger partial charge in [-0.25, -0.2) is 9.48 Å². The zero-order valence-electron chi connectivity index (χ0n) is 10.9. The number of carbonyl (C=O) groups is 2. The predicted octanol–water partition coefficient (Wildman–Crippen LogP) is -0.370. The molecule has 1 aromatic rings. The van der Waals surface area contributed by atoms with Gasteiger partial charge in [0.25, 0.3) is 5.91 Å². The number of carbonyl (C=O) groups excluding carboxylic acids is 2. The minimum Gasteiger partial charge on any atom is -0.336 e. The number of nitrogens with zero attached hydrogens (tertiary/aromatic N) is 4. The third-order valence-corrected chi connectivity index (χ3v) is 2.99. The number of urea groups is 1. The van der Waals surface area contributed by atoms with Gasteiger partial charge in [-0.3, -0.25) is 9.69 Å². The van der Waals surface area contributed by atoms with E-state index in [0.29, 0.717) is 18.8 Å². The van der Waals surface area contributed by atoms with Crippen molar-refractivity contribution in [1.29, 1.82) is 0 Å². The first-order valence-corrected chi connectivity index (χ1v) is 6.35. The molecule has 3 amide bonds. The average molecular weight is 266 g/mol. The molecule has 8 nitrogen and oxygen atoms in total. The van der Waals surface area contributed by atoms with E-state index in [4.69, 9.17) is 5.73 Å². The van der Waals surface area contributed by atoms with E-state index in [1.54, 1.807) is 6.20 Å². The van der Waals surface area contributed by atoms with E-state index in [1.807, 2.05) is 6.92 Å². The molecule has 1 aliphatic heterocycles. The van der Waals surface area contributed by atoms with Crippen LogP contribution in [0.1, 0.15) is 31.5 Å². The topological polar surface area (TPSA) is 106 Å². The third-order valence-electron chi connectivity index (χ3n) is 2.99. The molecule has 1 fully saturated rings. The van der Waals surface area contributed by atoms with Crippen molar-refractivity contribution in [2.45, 2.75) is 32.4 Å². The number of nitrogens with one attached hydrogen (secondary N) is 1. The molecule has 0 bridgehead atoms. The van der Waals surface area contributed by atoms with Gasteiger partial charge < -0.3 is 11.1 Å². The van der Waals surface area contributed by atoms with Crippen LogP contribution in [-0.2, 0) is 11.3 Å². The van der Waals surface area contributed by atoms with Crippen LogP contribution in [0.2, 0.25) is 0 Å². The van der Waals surface area contributed by atoms with E-state index in [1.165, 1.54) is 9.58 Å². The molecule has 0 radical (unpaired) electrons. The normalized spacial score (nSPS) is 16.5. The number of nitrogens with two attached hydrogens (primary N) is 1. The Hall–Kier alpha value is -1.96. The quantitative estimate of drug-likeness (QED) is 0.756. The van der Waals surface area contributed by atoms with Crippen molar-refractivity contribution in [1.82, 2.24) is 25.2 Å². The fourth-order valence-corrected chi connectivity index (χ4v) is 1.95. The number of hydrogen-bond donors (Lipinski definition) is 2. The van der Waals surface area contributed by atoms with E-state index >= 15 is 0 Å². The first kappa shape index (κ1) is 13.5. The van der Waals surface area contributed by atoms with E-state index in [-0.39, 0.29) is 24.5 Å². The largest absolute Gasteiger partial charge is 0.336 e. The van der Waals surface area contributed by atoms with Crippen molar-refractivity contribution in [3.63, 3.8) is 0 Å². The second-order valence-corrected chi connectivity index (χ2v) is 4.51. The Labute approximate surface area is 110 Å². The van der Waals surface area contributed by atoms with Crippen molar-refractivity contribution in [2.24, 2.45) is 5.73 Å². The van der Waals surface area contributed by atoms with Gasteiger partial charge in [-0.2, -0.15) is 0 Å². The summed E-state index contributed by atoms with van der Waals surface area (Å²) >= 11 is 0. The molecular weight excluding hydrogens is 248 g/mol. The van der Waals surface area contributed by atoms with Crippen LogP contribution in [0.3, 0.4) is 0 Å². The molecule has 19 heavy (non-hydrogen) atoms. The lowest BCUT2D eigenvalue weighted by Gasteiger charge is -2.11. The molecule has 0 aromatic carbocycles. The van der Waals surface area contributed by atoms with Gasteiger partial charge in [0, 0.05) is 13.1 Å². The maximum atomic E-state index is 11.9. The zero-order valence-corrected chi connectivity index (χ0v) is 10.9. The maximum absolute atomic E-state index is 11.9. The van der Waals surface area contributed by atoms with Gasteiger partial charge >= 0.3 is 6.03 Å². The van der Waals surface area contributed by atoms with Gasteiger partial charge in [-0.1, -0.05) is 18.6 Å². The molecule has 1 unspecified atom stereocenters. The first-order valence-electron chi connectivity index (χ1n) is 6.35. The third kappa shape index (κ3) is 3.08. The number of rotatable bonds is 5. The van der Waals surface area contributed by atoms with Crippen molar-refractivity contribution in [3.8, 4) is 0 Å². The van der Waals surface area contributed by atoms with Crippen molar-refractivity contribution >= 4 is 11.9 Å². The van der Waals surface area contributed by atoms with Crippen LogP contribution in [-0.4, -0.2) is 44.9 Å². The second kappa shape index (κ2) is 5.79. The SMILES string of the molecule is CCCC(N)c1cn(CC(=O)N2CCNC2=O)nn1. The first-order chi connectivity index (χ1) is 9.11. The highest BCUT2D eigenvalue weighted by atomic mass is 16.2. The molecule has 2 heterocycles. The highest BCUT2D eigenvalue weighted by Crippen LogP contribution is 2.12. The highest BCUT2D eigenvalue weighted by Gasteiger charge is 2.26. The van der Waals surface area contributed by atoms with E-state index in [9.17, 15) is 9.59 Å². The summed E-state index contributed by atoms with van der Waals surface area (Å²) in [7, 11) is 0. The van der Waals surface area contributed by atoms with Crippen molar-refractivity contribution in [2.75, 3.05) is 13.1 Å². The lowest BCUT2D eigenvalue weighted by atomic mass is 10.1. The summed E-state index contributed by atoms with van der Waals surface area (Å²) in [5.74, 6) is -0.296. The number of aromatic nitrogens is 3. The van der Waals surface area contributed by atoms with Gasteiger partial charge in [0.15, 0.2) is 0 Å². The Morgan fingerprint density at radius 2 is 2.42 bits per heavy atom. The molecule has 2 rings (SSSR count). The van der Waals surface area contributed by atoms with Gasteiger partial charge in [0.1, 0.15) is 6.54 Å². The Morgan fingerprint density at radius 1 is 1.63 bits per heavy atom. The minimum absolute atomic E-state index is 0.000729. The summed E-state index contributed by atoms with van der Waals surface area (Å²) in [5.41, 5.74) is 6.59. The minimum atomic E-state index is -0.354. The Kier molecular flexibility index (Phi) is 4.10. The maximum Gasteiger partial charge on any atom is 0.324 e. The van der Waals surface area contributed by atoms with Crippen molar-refractivity contribution < 1.29 is 9.59 Å². The van der Waals surface area contributed by atoms with Crippen LogP contribution < -0.4 is 11.1 Å². The molecule has 0 saturated carbocycles. The zero-order chi connectivity index (χ0) is 13.8. The molecule has 104 valence electrons. The fourth-order valence-electron chi connectivity index (χ4n) is 1.95. The molecule has 3 N–H and O–H groups in total. The molecular formula is C11H18N6O2. The lowest BCUT2D eigenvalue weighted by Crippen LogP contribution is -2.36. The molecule has 1 aliphatic rings. The van der Waals surface area contributed by atoms with Crippen LogP contribution in [0.15, 0.2) is 6.20 Å². The van der Waals surface area contributed by atoms with Gasteiger partial charge in [0.05, 0.1) is 17.9 Å². The molecule has 1 saturated heterocycles. The molecule has 0 spiro atoms.